The maximum atomic E-state index is 12.3. The number of aromatic nitrogens is 1. The number of alkyl carbamates (subject to hydrolysis) is 1. The molecule has 1 aromatic heterocycles. The van der Waals surface area contributed by atoms with Crippen LogP contribution in [0, 0.1) is 0 Å². The van der Waals surface area contributed by atoms with E-state index in [2.05, 4.69) is 15.2 Å². The summed E-state index contributed by atoms with van der Waals surface area (Å²) in [6, 6.07) is 3.96. The minimum absolute atomic E-state index is 0.0394. The van der Waals surface area contributed by atoms with Crippen molar-refractivity contribution in [2.75, 3.05) is 19.6 Å². The van der Waals surface area contributed by atoms with Crippen molar-refractivity contribution in [1.29, 1.82) is 0 Å². The van der Waals surface area contributed by atoms with E-state index in [-0.39, 0.29) is 12.1 Å². The predicted molar refractivity (Wildman–Crippen MR) is 87.2 cm³/mol. The van der Waals surface area contributed by atoms with Crippen molar-refractivity contribution in [3.05, 3.63) is 24.0 Å². The van der Waals surface area contributed by atoms with E-state index in [1.165, 1.54) is 0 Å². The van der Waals surface area contributed by atoms with Gasteiger partial charge in [-0.2, -0.15) is 0 Å². The first kappa shape index (κ1) is 17.2. The molecule has 0 saturated carbocycles. The molecular weight excluding hydrogens is 296 g/mol. The minimum Gasteiger partial charge on any atom is -0.444 e. The molecule has 128 valence electrons. The summed E-state index contributed by atoms with van der Waals surface area (Å²) >= 11 is 0. The van der Waals surface area contributed by atoms with Crippen LogP contribution >= 0.6 is 0 Å². The molecule has 0 spiro atoms. The summed E-state index contributed by atoms with van der Waals surface area (Å²) < 4.78 is 7.30. The highest BCUT2D eigenvalue weighted by atomic mass is 16.6. The van der Waals surface area contributed by atoms with Crippen LogP contribution in [0.3, 0.4) is 0 Å². The van der Waals surface area contributed by atoms with E-state index in [9.17, 15) is 9.59 Å². The van der Waals surface area contributed by atoms with Crippen molar-refractivity contribution in [2.24, 2.45) is 0 Å². The average molecular weight is 322 g/mol. The average Bonchev–Trinajstić information content (AvgIpc) is 2.91. The Hall–Kier alpha value is -2.18. The lowest BCUT2D eigenvalue weighted by Gasteiger charge is -2.34. The summed E-state index contributed by atoms with van der Waals surface area (Å²) in [5, 5.41) is 5.45. The highest BCUT2D eigenvalue weighted by molar-refractivity contribution is 5.75. The van der Waals surface area contributed by atoms with Crippen LogP contribution in [0.5, 0.6) is 0 Å². The number of ether oxygens (including phenoxy) is 1. The normalized spacial score (nSPS) is 17.4. The second-order valence-corrected chi connectivity index (χ2v) is 6.66. The zero-order valence-electron chi connectivity index (χ0n) is 14.3. The van der Waals surface area contributed by atoms with Crippen LogP contribution in [0.1, 0.15) is 39.4 Å². The highest BCUT2D eigenvalue weighted by Gasteiger charge is 2.27. The quantitative estimate of drug-likeness (QED) is 0.837. The molecule has 0 bridgehead atoms. The number of amides is 3. The Bertz CT molecular complexity index is 562. The van der Waals surface area contributed by atoms with Gasteiger partial charge >= 0.3 is 12.1 Å². The third-order valence-electron chi connectivity index (χ3n) is 3.67. The number of hydrogen-bond acceptors (Lipinski definition) is 3. The van der Waals surface area contributed by atoms with Crippen LogP contribution in [-0.2, 0) is 11.3 Å². The number of carbonyl (C=O) groups excluding carboxylic acids is 2. The molecule has 1 unspecified atom stereocenters. The monoisotopic (exact) mass is 322 g/mol. The van der Waals surface area contributed by atoms with Gasteiger partial charge < -0.3 is 24.8 Å². The van der Waals surface area contributed by atoms with E-state index >= 15 is 0 Å². The summed E-state index contributed by atoms with van der Waals surface area (Å²) in [6.45, 7) is 9.61. The summed E-state index contributed by atoms with van der Waals surface area (Å²) in [6.07, 6.45) is 1.56. The number of nitrogens with one attached hydrogen (secondary N) is 2. The van der Waals surface area contributed by atoms with Gasteiger partial charge in [-0.3, -0.25) is 0 Å². The largest absolute Gasteiger partial charge is 0.444 e. The zero-order valence-corrected chi connectivity index (χ0v) is 14.3. The van der Waals surface area contributed by atoms with E-state index < -0.39 is 11.7 Å². The Balaban J connectivity index is 1.73. The van der Waals surface area contributed by atoms with Crippen molar-refractivity contribution in [3.63, 3.8) is 0 Å². The van der Waals surface area contributed by atoms with E-state index in [4.69, 9.17) is 4.74 Å². The van der Waals surface area contributed by atoms with Gasteiger partial charge in [0.05, 0.1) is 6.04 Å². The first-order valence-electron chi connectivity index (χ1n) is 7.94. The molecule has 1 aromatic rings. The topological polar surface area (TPSA) is 75.6 Å². The molecular formula is C16H26N4O3. The fourth-order valence-electron chi connectivity index (χ4n) is 2.61. The smallest absolute Gasteiger partial charge is 0.407 e. The Morgan fingerprint density at radius 3 is 2.65 bits per heavy atom. The number of carbonyl (C=O) groups is 2. The van der Waals surface area contributed by atoms with Crippen LogP contribution in [0.2, 0.25) is 0 Å². The fourth-order valence-corrected chi connectivity index (χ4v) is 2.61. The predicted octanol–water partition coefficient (Wildman–Crippen LogP) is 2.10. The Morgan fingerprint density at radius 2 is 1.96 bits per heavy atom. The van der Waals surface area contributed by atoms with Crippen molar-refractivity contribution in [2.45, 2.75) is 45.9 Å². The third-order valence-corrected chi connectivity index (χ3v) is 3.67. The Labute approximate surface area is 137 Å². The van der Waals surface area contributed by atoms with Crippen molar-refractivity contribution in [1.82, 2.24) is 20.1 Å². The number of hydrogen-bond donors (Lipinski definition) is 2. The van der Waals surface area contributed by atoms with Crippen molar-refractivity contribution >= 4 is 12.1 Å². The molecule has 2 heterocycles. The van der Waals surface area contributed by atoms with Gasteiger partial charge in [0.2, 0.25) is 0 Å². The molecule has 3 amide bonds. The molecule has 7 heteroatoms. The molecule has 1 atom stereocenters. The highest BCUT2D eigenvalue weighted by Crippen LogP contribution is 2.24. The molecule has 0 fully saturated rings. The molecule has 1 aliphatic heterocycles. The summed E-state index contributed by atoms with van der Waals surface area (Å²) in [5.74, 6) is 0. The van der Waals surface area contributed by atoms with Crippen LogP contribution < -0.4 is 10.6 Å². The lowest BCUT2D eigenvalue weighted by molar-refractivity contribution is 0.0528. The fraction of sp³-hybridized carbons (Fsp3) is 0.625. The summed E-state index contributed by atoms with van der Waals surface area (Å²) in [5.41, 5.74) is 0.615. The molecule has 23 heavy (non-hydrogen) atoms. The van der Waals surface area contributed by atoms with Gasteiger partial charge in [-0.15, -0.1) is 0 Å². The molecule has 0 radical (unpaired) electrons. The lowest BCUT2D eigenvalue weighted by Crippen LogP contribution is -2.47. The van der Waals surface area contributed by atoms with Crippen LogP contribution in [0.4, 0.5) is 9.59 Å². The summed E-state index contributed by atoms with van der Waals surface area (Å²) in [7, 11) is 0. The lowest BCUT2D eigenvalue weighted by atomic mass is 10.1. The van der Waals surface area contributed by atoms with E-state index in [1.807, 2.05) is 50.9 Å². The first-order chi connectivity index (χ1) is 10.8. The second kappa shape index (κ2) is 6.93. The molecule has 0 aromatic carbocycles. The van der Waals surface area contributed by atoms with Gasteiger partial charge in [-0.05, 0) is 39.8 Å². The second-order valence-electron chi connectivity index (χ2n) is 6.66. The van der Waals surface area contributed by atoms with Gasteiger partial charge in [0, 0.05) is 38.1 Å². The number of fused-ring (bicyclic) bond motifs is 1. The molecule has 0 saturated heterocycles. The summed E-state index contributed by atoms with van der Waals surface area (Å²) in [4.78, 5) is 25.6. The van der Waals surface area contributed by atoms with E-state index in [0.717, 1.165) is 12.2 Å². The van der Waals surface area contributed by atoms with Crippen LogP contribution in [0.15, 0.2) is 18.3 Å². The third kappa shape index (κ3) is 4.64. The van der Waals surface area contributed by atoms with Crippen molar-refractivity contribution in [3.8, 4) is 0 Å². The number of rotatable bonds is 3. The maximum absolute atomic E-state index is 12.3. The van der Waals surface area contributed by atoms with Crippen LogP contribution in [0.25, 0.3) is 0 Å². The molecule has 1 aliphatic rings. The number of urea groups is 1. The SMILES string of the molecule is CC1c2cccn2CCN1C(=O)NCCNC(=O)OC(C)(C)C. The van der Waals surface area contributed by atoms with Crippen molar-refractivity contribution < 1.29 is 14.3 Å². The molecule has 2 rings (SSSR count). The zero-order chi connectivity index (χ0) is 17.0. The first-order valence-corrected chi connectivity index (χ1v) is 7.94. The van der Waals surface area contributed by atoms with Crippen LogP contribution in [-0.4, -0.2) is 46.8 Å². The maximum Gasteiger partial charge on any atom is 0.407 e. The van der Waals surface area contributed by atoms with Gasteiger partial charge in [0.15, 0.2) is 0 Å². The van der Waals surface area contributed by atoms with Gasteiger partial charge in [0.1, 0.15) is 5.60 Å². The van der Waals surface area contributed by atoms with E-state index in [0.29, 0.717) is 19.6 Å². The van der Waals surface area contributed by atoms with Gasteiger partial charge in [-0.25, -0.2) is 9.59 Å². The molecule has 0 aliphatic carbocycles. The van der Waals surface area contributed by atoms with E-state index in [1.54, 1.807) is 0 Å². The Morgan fingerprint density at radius 1 is 1.26 bits per heavy atom. The standard InChI is InChI=1S/C16H26N4O3/c1-12-13-6-5-9-19(13)10-11-20(12)14(21)17-7-8-18-15(22)23-16(2,3)4/h5-6,9,12H,7-8,10-11H2,1-4H3,(H,17,21)(H,18,22). The number of nitrogens with zero attached hydrogens (tertiary/aromatic N) is 2. The van der Waals surface area contributed by atoms with Gasteiger partial charge in [0.25, 0.3) is 0 Å². The molecule has 2 N–H and O–H groups in total. The molecule has 7 nitrogen and oxygen atoms in total. The Kier molecular flexibility index (Phi) is 5.18. The minimum atomic E-state index is -0.522. The van der Waals surface area contributed by atoms with Gasteiger partial charge in [-0.1, -0.05) is 0 Å².